The first-order valence-corrected chi connectivity index (χ1v) is 19.3. The van der Waals surface area contributed by atoms with Crippen molar-refractivity contribution in [3.05, 3.63) is 161 Å². The predicted octanol–water partition coefficient (Wildman–Crippen LogP) is 12.4. The van der Waals surface area contributed by atoms with E-state index in [2.05, 4.69) is 125 Å². The molecule has 242 valence electrons. The van der Waals surface area contributed by atoms with E-state index in [-0.39, 0.29) is 16.5 Å². The topological polar surface area (TPSA) is 0 Å². The van der Waals surface area contributed by atoms with Crippen LogP contribution >= 0.6 is 47.0 Å². The summed E-state index contributed by atoms with van der Waals surface area (Å²) >= 11 is 28.8. The summed E-state index contributed by atoms with van der Waals surface area (Å²) in [4.78, 5) is 0. The Hall–Kier alpha value is -0.866. The van der Waals surface area contributed by atoms with Gasteiger partial charge in [0.1, 0.15) is 0 Å². The Kier molecular flexibility index (Phi) is 19.6. The van der Waals surface area contributed by atoms with Crippen molar-refractivity contribution in [2.75, 3.05) is 0 Å². The SMILES string of the molecule is CC(S/C([S-])=C(/[S-])SC(C)c1ccccc1)c1ccccc1.CC(S/C([S-])=C(/[S-])SC(C)c1ccccc1)c1ccccc1.[Ni]. The van der Waals surface area contributed by atoms with Crippen LogP contribution in [-0.2, 0) is 67.0 Å². The minimum absolute atomic E-state index is 0. The van der Waals surface area contributed by atoms with Crippen LogP contribution in [0, 0.1) is 0 Å². The maximum atomic E-state index is 5.52. The molecule has 45 heavy (non-hydrogen) atoms. The van der Waals surface area contributed by atoms with Crippen LogP contribution in [0.2, 0.25) is 0 Å². The second-order valence-electron chi connectivity index (χ2n) is 9.83. The van der Waals surface area contributed by atoms with Crippen molar-refractivity contribution in [3.8, 4) is 0 Å². The van der Waals surface area contributed by atoms with Gasteiger partial charge in [-0.3, -0.25) is 0 Å². The maximum absolute atomic E-state index is 5.52. The molecular formula is C36H36NiS8-4. The van der Waals surface area contributed by atoms with E-state index in [0.29, 0.717) is 21.0 Å². The normalized spacial score (nSPS) is 14.7. The van der Waals surface area contributed by atoms with Gasteiger partial charge in [-0.2, -0.15) is 16.9 Å². The third kappa shape index (κ3) is 14.4. The molecule has 4 rings (SSSR count). The Balaban J connectivity index is 0.000000307. The number of benzene rings is 4. The first kappa shape index (κ1) is 40.3. The Morgan fingerprint density at radius 3 is 0.667 bits per heavy atom. The van der Waals surface area contributed by atoms with E-state index in [4.69, 9.17) is 50.5 Å². The Bertz CT molecular complexity index is 1220. The summed E-state index contributed by atoms with van der Waals surface area (Å²) in [5.41, 5.74) is 5.11. The Labute approximate surface area is 320 Å². The minimum atomic E-state index is 0. The number of rotatable bonds is 12. The number of thioether (sulfide) groups is 4. The van der Waals surface area contributed by atoms with E-state index >= 15 is 0 Å². The molecule has 0 saturated heterocycles. The van der Waals surface area contributed by atoms with Gasteiger partial charge < -0.3 is 50.5 Å². The van der Waals surface area contributed by atoms with Gasteiger partial charge in [0.15, 0.2) is 0 Å². The maximum Gasteiger partial charge on any atom is 0.0295 e. The molecule has 4 atom stereocenters. The predicted molar refractivity (Wildman–Crippen MR) is 213 cm³/mol. The van der Waals surface area contributed by atoms with Gasteiger partial charge in [-0.1, -0.05) is 121 Å². The first-order chi connectivity index (χ1) is 21.2. The van der Waals surface area contributed by atoms with Gasteiger partial charge in [0.2, 0.25) is 0 Å². The Morgan fingerprint density at radius 1 is 0.356 bits per heavy atom. The van der Waals surface area contributed by atoms with Gasteiger partial charge in [0.05, 0.1) is 0 Å². The smallest absolute Gasteiger partial charge is 0.0295 e. The van der Waals surface area contributed by atoms with Crippen molar-refractivity contribution in [3.63, 3.8) is 0 Å². The summed E-state index contributed by atoms with van der Waals surface area (Å²) in [5, 5.41) is 1.28. The van der Waals surface area contributed by atoms with Gasteiger partial charge in [-0.05, 0) is 49.9 Å². The van der Waals surface area contributed by atoms with Crippen LogP contribution in [0.25, 0.3) is 0 Å². The van der Waals surface area contributed by atoms with Crippen LogP contribution in [0.4, 0.5) is 0 Å². The van der Waals surface area contributed by atoms with Crippen molar-refractivity contribution in [2.24, 2.45) is 0 Å². The molecule has 4 unspecified atom stereocenters. The van der Waals surface area contributed by atoms with Crippen LogP contribution in [0.15, 0.2) is 138 Å². The van der Waals surface area contributed by atoms with E-state index < -0.39 is 0 Å². The summed E-state index contributed by atoms with van der Waals surface area (Å²) < 4.78 is 3.27. The molecule has 0 fully saturated rings. The average molecular weight is 784 g/mol. The molecule has 0 bridgehead atoms. The van der Waals surface area contributed by atoms with E-state index in [0.717, 1.165) is 16.9 Å². The quantitative estimate of drug-likeness (QED) is 0.102. The third-order valence-electron chi connectivity index (χ3n) is 6.54. The Morgan fingerprint density at radius 2 is 0.511 bits per heavy atom. The van der Waals surface area contributed by atoms with Crippen LogP contribution in [0.5, 0.6) is 0 Å². The third-order valence-corrected chi connectivity index (χ3v) is 13.7. The van der Waals surface area contributed by atoms with E-state index in [9.17, 15) is 0 Å². The van der Waals surface area contributed by atoms with Gasteiger partial charge in [-0.15, -0.1) is 47.0 Å². The molecule has 0 saturated carbocycles. The monoisotopic (exact) mass is 782 g/mol. The van der Waals surface area contributed by atoms with Crippen molar-refractivity contribution in [2.45, 2.75) is 48.7 Å². The first-order valence-electron chi connectivity index (χ1n) is 14.2. The zero-order valence-electron chi connectivity index (χ0n) is 25.4. The van der Waals surface area contributed by atoms with Crippen molar-refractivity contribution >= 4 is 97.6 Å². The molecule has 0 radical (unpaired) electrons. The molecular weight excluding hydrogens is 748 g/mol. The summed E-state index contributed by atoms with van der Waals surface area (Å²) in [6, 6.07) is 41.6. The fraction of sp³-hybridized carbons (Fsp3) is 0.222. The van der Waals surface area contributed by atoms with Gasteiger partial charge in [0.25, 0.3) is 0 Å². The largest absolute Gasteiger partial charge is 0.774 e. The standard InChI is InChI=1S/2C18H20S4.Ni/c2*1-13(15-9-5-3-6-10-15)21-17(19)18(20)22-14(2)16-11-7-4-8-12-16;/h2*3-14,19-20H,1-2H3;/p-4/b2*18-17-;. The molecule has 4 aromatic rings. The molecule has 0 aliphatic rings. The zero-order chi connectivity index (χ0) is 31.9. The van der Waals surface area contributed by atoms with Crippen molar-refractivity contribution in [1.82, 2.24) is 0 Å². The zero-order valence-corrected chi connectivity index (χ0v) is 33.0. The molecule has 0 amide bonds. The van der Waals surface area contributed by atoms with E-state index in [1.807, 2.05) is 24.3 Å². The summed E-state index contributed by atoms with van der Waals surface area (Å²) in [6.07, 6.45) is 0. The molecule has 0 nitrogen and oxygen atoms in total. The summed E-state index contributed by atoms with van der Waals surface area (Å²) in [6.45, 7) is 8.67. The molecule has 0 aromatic heterocycles. The van der Waals surface area contributed by atoms with Crippen LogP contribution in [0.3, 0.4) is 0 Å². The van der Waals surface area contributed by atoms with Crippen LogP contribution in [-0.4, -0.2) is 0 Å². The molecule has 0 aliphatic carbocycles. The summed E-state index contributed by atoms with van der Waals surface area (Å²) in [7, 11) is 0. The van der Waals surface area contributed by atoms with E-state index in [1.165, 1.54) is 22.3 Å². The van der Waals surface area contributed by atoms with Crippen LogP contribution in [0.1, 0.15) is 70.9 Å². The second kappa shape index (κ2) is 21.9. The average Bonchev–Trinajstić information content (AvgIpc) is 3.06. The van der Waals surface area contributed by atoms with Gasteiger partial charge in [-0.25, -0.2) is 0 Å². The number of hydrogen-bond donors (Lipinski definition) is 0. The van der Waals surface area contributed by atoms with Gasteiger partial charge in [0, 0.05) is 37.5 Å². The molecule has 4 aromatic carbocycles. The van der Waals surface area contributed by atoms with Crippen LogP contribution < -0.4 is 0 Å². The molecule has 0 heterocycles. The van der Waals surface area contributed by atoms with Crippen molar-refractivity contribution < 1.29 is 16.5 Å². The fourth-order valence-corrected chi connectivity index (χ4v) is 9.73. The number of hydrogen-bond acceptors (Lipinski definition) is 8. The van der Waals surface area contributed by atoms with E-state index in [1.54, 1.807) is 47.0 Å². The second-order valence-corrected chi connectivity index (χ2v) is 17.9. The van der Waals surface area contributed by atoms with Gasteiger partial charge >= 0.3 is 0 Å². The molecule has 9 heteroatoms. The molecule has 0 N–H and O–H groups in total. The molecule has 0 spiro atoms. The fourth-order valence-electron chi connectivity index (χ4n) is 4.00. The summed E-state index contributed by atoms with van der Waals surface area (Å²) in [5.74, 6) is 0. The van der Waals surface area contributed by atoms with Crippen molar-refractivity contribution in [1.29, 1.82) is 0 Å². The molecule has 0 aliphatic heterocycles. The minimum Gasteiger partial charge on any atom is -0.774 e.